The van der Waals surface area contributed by atoms with Crippen LogP contribution in [0.3, 0.4) is 0 Å². The van der Waals surface area contributed by atoms with Gasteiger partial charge in [-0.15, -0.1) is 0 Å². The van der Waals surface area contributed by atoms with Gasteiger partial charge in [-0.05, 0) is 31.7 Å². The minimum absolute atomic E-state index is 0.0393. The summed E-state index contributed by atoms with van der Waals surface area (Å²) in [6.07, 6.45) is 8.29. The van der Waals surface area contributed by atoms with Crippen LogP contribution < -0.4 is 5.32 Å². The number of benzene rings is 1. The lowest BCUT2D eigenvalue weighted by Gasteiger charge is -2.32. The highest BCUT2D eigenvalue weighted by molar-refractivity contribution is 5.88. The normalized spacial score (nSPS) is 18.4. The van der Waals surface area contributed by atoms with Crippen LogP contribution in [0.1, 0.15) is 71.3 Å². The summed E-state index contributed by atoms with van der Waals surface area (Å²) in [4.78, 5) is 22.8. The molecular weight excluding hydrogens is 314 g/mol. The summed E-state index contributed by atoms with van der Waals surface area (Å²) in [7, 11) is 0. The Bertz CT molecular complexity index is 501. The molecule has 0 saturated carbocycles. The quantitative estimate of drug-likeness (QED) is 0.503. The molecule has 1 amide bonds. The van der Waals surface area contributed by atoms with E-state index in [1.54, 1.807) is 6.92 Å². The summed E-state index contributed by atoms with van der Waals surface area (Å²) in [6, 6.07) is 10.2. The molecule has 0 radical (unpaired) electrons. The number of carbonyl (C=O) groups is 2. The van der Waals surface area contributed by atoms with E-state index in [0.29, 0.717) is 6.42 Å². The monoisotopic (exact) mass is 347 g/mol. The molecule has 2 rings (SSSR count). The van der Waals surface area contributed by atoms with Crippen LogP contribution in [0.4, 0.5) is 0 Å². The summed E-state index contributed by atoms with van der Waals surface area (Å²) >= 11 is 0. The summed E-state index contributed by atoms with van der Waals surface area (Å²) in [5.74, 6) is -0.355. The van der Waals surface area contributed by atoms with Gasteiger partial charge in [0.15, 0.2) is 6.04 Å². The van der Waals surface area contributed by atoms with Crippen LogP contribution in [-0.4, -0.2) is 24.0 Å². The van der Waals surface area contributed by atoms with Gasteiger partial charge in [0.2, 0.25) is 5.91 Å². The molecule has 4 heteroatoms. The van der Waals surface area contributed by atoms with Gasteiger partial charge in [0.25, 0.3) is 0 Å². The first kappa shape index (κ1) is 21.2. The fourth-order valence-electron chi connectivity index (χ4n) is 2.83. The third kappa shape index (κ3) is 8.19. The fourth-order valence-corrected chi connectivity index (χ4v) is 2.83. The Labute approximate surface area is 152 Å². The zero-order valence-electron chi connectivity index (χ0n) is 15.9. The van der Waals surface area contributed by atoms with Crippen molar-refractivity contribution in [2.75, 3.05) is 0 Å². The zero-order valence-corrected chi connectivity index (χ0v) is 15.9. The summed E-state index contributed by atoms with van der Waals surface area (Å²) in [6.45, 7) is 5.79. The van der Waals surface area contributed by atoms with Crippen LogP contribution >= 0.6 is 0 Å². The second-order valence-corrected chi connectivity index (χ2v) is 6.29. The van der Waals surface area contributed by atoms with E-state index in [4.69, 9.17) is 4.74 Å². The number of carbonyl (C=O) groups excluding carboxylic acids is 2. The van der Waals surface area contributed by atoms with E-state index in [1.807, 2.05) is 19.9 Å². The largest absolute Gasteiger partial charge is 0.458 e. The van der Waals surface area contributed by atoms with Gasteiger partial charge in [-0.3, -0.25) is 4.79 Å². The lowest BCUT2D eigenvalue weighted by molar-refractivity contribution is -0.176. The van der Waals surface area contributed by atoms with Crippen molar-refractivity contribution in [3.8, 4) is 0 Å². The maximum absolute atomic E-state index is 11.7. The Kier molecular flexibility index (Phi) is 10.6. The van der Waals surface area contributed by atoms with E-state index >= 15 is 0 Å². The molecule has 1 aromatic carbocycles. The van der Waals surface area contributed by atoms with E-state index in [-0.39, 0.29) is 18.0 Å². The Morgan fingerprint density at radius 2 is 1.60 bits per heavy atom. The molecule has 1 saturated heterocycles. The maximum atomic E-state index is 11.7. The number of cyclic esters (lactones) is 1. The van der Waals surface area contributed by atoms with Gasteiger partial charge >= 0.3 is 5.97 Å². The van der Waals surface area contributed by atoms with Crippen molar-refractivity contribution in [3.63, 3.8) is 0 Å². The molecule has 1 fully saturated rings. The molecule has 1 N–H and O–H groups in total. The summed E-state index contributed by atoms with van der Waals surface area (Å²) in [5.41, 5.74) is 1.41. The van der Waals surface area contributed by atoms with Crippen molar-refractivity contribution in [2.24, 2.45) is 0 Å². The van der Waals surface area contributed by atoms with E-state index < -0.39 is 6.04 Å². The van der Waals surface area contributed by atoms with Crippen molar-refractivity contribution in [2.45, 2.75) is 84.3 Å². The highest BCUT2D eigenvalue weighted by atomic mass is 16.6. The topological polar surface area (TPSA) is 55.4 Å². The van der Waals surface area contributed by atoms with Crippen LogP contribution in [0.2, 0.25) is 0 Å². The van der Waals surface area contributed by atoms with Crippen LogP contribution in [-0.2, 0) is 20.7 Å². The first-order chi connectivity index (χ1) is 12.2. The molecule has 1 heterocycles. The minimum Gasteiger partial charge on any atom is -0.458 e. The molecule has 25 heavy (non-hydrogen) atoms. The summed E-state index contributed by atoms with van der Waals surface area (Å²) in [5, 5.41) is 2.73. The fraction of sp³-hybridized carbons (Fsp3) is 0.619. The first-order valence-corrected chi connectivity index (χ1v) is 9.70. The molecule has 140 valence electrons. The third-order valence-corrected chi connectivity index (χ3v) is 4.30. The molecule has 2 atom stereocenters. The van der Waals surface area contributed by atoms with Crippen molar-refractivity contribution in [3.05, 3.63) is 35.9 Å². The first-order valence-electron chi connectivity index (χ1n) is 9.70. The molecule has 0 spiro atoms. The Hall–Kier alpha value is -1.84. The predicted octanol–water partition coefficient (Wildman–Crippen LogP) is 4.42. The Morgan fingerprint density at radius 1 is 1.00 bits per heavy atom. The Balaban J connectivity index is 0.00000151. The third-order valence-electron chi connectivity index (χ3n) is 4.30. The van der Waals surface area contributed by atoms with Gasteiger partial charge in [0.05, 0.1) is 0 Å². The van der Waals surface area contributed by atoms with Crippen molar-refractivity contribution in [1.82, 2.24) is 5.32 Å². The molecule has 4 nitrogen and oxygen atoms in total. The molecule has 0 bridgehead atoms. The number of hydrogen-bond acceptors (Lipinski definition) is 3. The number of amides is 1. The van der Waals surface area contributed by atoms with Crippen LogP contribution in [0, 0.1) is 0 Å². The van der Waals surface area contributed by atoms with Crippen molar-refractivity contribution >= 4 is 11.9 Å². The van der Waals surface area contributed by atoms with Gasteiger partial charge in [-0.2, -0.15) is 0 Å². The van der Waals surface area contributed by atoms with E-state index in [9.17, 15) is 9.59 Å². The van der Waals surface area contributed by atoms with E-state index in [0.717, 1.165) is 19.3 Å². The van der Waals surface area contributed by atoms with Crippen LogP contribution in [0.5, 0.6) is 0 Å². The summed E-state index contributed by atoms with van der Waals surface area (Å²) < 4.78 is 4.81. The number of aryl methyl sites for hydroxylation is 1. The number of esters is 1. The van der Waals surface area contributed by atoms with Gasteiger partial charge < -0.3 is 10.1 Å². The lowest BCUT2D eigenvalue weighted by atomic mass is 10.0. The predicted molar refractivity (Wildman–Crippen MR) is 101 cm³/mol. The number of unbranched alkanes of at least 4 members (excludes halogenated alkanes) is 5. The molecular formula is C21H33NO3. The molecule has 1 aromatic rings. The molecule has 0 aliphatic carbocycles. The average molecular weight is 347 g/mol. The van der Waals surface area contributed by atoms with Crippen molar-refractivity contribution < 1.29 is 14.3 Å². The lowest BCUT2D eigenvalue weighted by Crippen LogP contribution is -2.58. The van der Waals surface area contributed by atoms with Gasteiger partial charge in [-0.1, -0.05) is 69.9 Å². The molecule has 1 aliphatic heterocycles. The van der Waals surface area contributed by atoms with Crippen LogP contribution in [0.15, 0.2) is 30.3 Å². The standard InChI is InChI=1S/C19H27NO3.C2H6/c1-15-18(19(22)23-15)20-17(21)14-10-5-3-2-4-7-11-16-12-8-6-9-13-16;1-2/h6,8-9,12-13,15,18H,2-5,7,10-11,14H2,1H3,(H,20,21);1-2H3/t15?,18-;/m1./s1. The van der Waals surface area contributed by atoms with Gasteiger partial charge in [0, 0.05) is 6.42 Å². The van der Waals surface area contributed by atoms with Gasteiger partial charge in [0.1, 0.15) is 6.10 Å². The number of hydrogen-bond donors (Lipinski definition) is 1. The molecule has 1 unspecified atom stereocenters. The van der Waals surface area contributed by atoms with Crippen molar-refractivity contribution in [1.29, 1.82) is 0 Å². The van der Waals surface area contributed by atoms with E-state index in [2.05, 4.69) is 29.6 Å². The molecule has 0 aromatic heterocycles. The number of rotatable bonds is 10. The second kappa shape index (κ2) is 12.5. The Morgan fingerprint density at radius 3 is 2.20 bits per heavy atom. The zero-order chi connectivity index (χ0) is 18.5. The van der Waals surface area contributed by atoms with Crippen LogP contribution in [0.25, 0.3) is 0 Å². The average Bonchev–Trinajstić information content (AvgIpc) is 2.64. The SMILES string of the molecule is CC.CC1OC(=O)[C@@H]1NC(=O)CCCCCCCCc1ccccc1. The van der Waals surface area contributed by atoms with Gasteiger partial charge in [-0.25, -0.2) is 4.79 Å². The smallest absolute Gasteiger partial charge is 0.332 e. The molecule has 1 aliphatic rings. The minimum atomic E-state index is -0.430. The maximum Gasteiger partial charge on any atom is 0.332 e. The second-order valence-electron chi connectivity index (χ2n) is 6.29. The van der Waals surface area contributed by atoms with E-state index in [1.165, 1.54) is 31.2 Å². The highest BCUT2D eigenvalue weighted by Crippen LogP contribution is 2.14. The highest BCUT2D eigenvalue weighted by Gasteiger charge is 2.39. The number of ether oxygens (including phenoxy) is 1. The number of nitrogens with one attached hydrogen (secondary N) is 1.